The molecule has 3 aromatic heterocycles. The van der Waals surface area contributed by atoms with E-state index in [0.717, 1.165) is 50.6 Å². The maximum atomic E-state index is 12.7. The lowest BCUT2D eigenvalue weighted by molar-refractivity contribution is -0.137. The number of nitrogens with two attached hydrogens (primary N) is 1. The zero-order valence-corrected chi connectivity index (χ0v) is 20.0. The number of nitrogens with zero attached hydrogens (tertiary/aromatic N) is 3. The number of fused-ring (bicyclic) bond motifs is 2. The maximum Gasteiger partial charge on any atom is 0.416 e. The highest BCUT2D eigenvalue weighted by Gasteiger charge is 2.29. The Hall–Kier alpha value is -4.98. The number of hydrogen-bond acceptors (Lipinski definition) is 5. The monoisotopic (exact) mass is 509 g/mol. The fourth-order valence-corrected chi connectivity index (χ4v) is 4.01. The van der Waals surface area contributed by atoms with Gasteiger partial charge in [-0.05, 0) is 54.1 Å². The molecule has 0 aliphatic heterocycles. The molecule has 188 valence electrons. The van der Waals surface area contributed by atoms with Crippen LogP contribution in [0.1, 0.15) is 5.56 Å². The molecule has 0 radical (unpaired) electrons. The van der Waals surface area contributed by atoms with E-state index in [1.807, 2.05) is 60.8 Å². The van der Waals surface area contributed by atoms with Crippen LogP contribution < -0.4 is 11.1 Å². The standard InChI is InChI=1S/C21H14F3N3.C9H8N2/c22-21(23,24)17-7-4-14(5-8-17)15-6-9-20(26-13-15)27-19-3-1-2-16-12-25-11-10-18(16)19;10-9-3-1-2-7-6-11-5-4-8(7)9/h1-13H,(H,26,27);1-6H,10H2. The molecule has 0 aliphatic rings. The predicted molar refractivity (Wildman–Crippen MR) is 146 cm³/mol. The van der Waals surface area contributed by atoms with Crippen LogP contribution in [0, 0.1) is 0 Å². The molecule has 0 saturated heterocycles. The second kappa shape index (κ2) is 10.6. The third-order valence-corrected chi connectivity index (χ3v) is 5.97. The molecule has 3 N–H and O–H groups in total. The van der Waals surface area contributed by atoms with Gasteiger partial charge in [0.25, 0.3) is 0 Å². The fraction of sp³-hybridized carbons (Fsp3) is 0.0333. The first-order chi connectivity index (χ1) is 18.4. The Balaban J connectivity index is 0.000000222. The van der Waals surface area contributed by atoms with E-state index >= 15 is 0 Å². The first-order valence-electron chi connectivity index (χ1n) is 11.7. The average molecular weight is 510 g/mol. The van der Waals surface area contributed by atoms with Gasteiger partial charge >= 0.3 is 6.18 Å². The van der Waals surface area contributed by atoms with Gasteiger partial charge in [-0.1, -0.05) is 36.4 Å². The number of pyridine rings is 3. The van der Waals surface area contributed by atoms with Crippen molar-refractivity contribution in [2.45, 2.75) is 6.18 Å². The van der Waals surface area contributed by atoms with E-state index in [1.54, 1.807) is 30.9 Å². The van der Waals surface area contributed by atoms with Gasteiger partial charge in [-0.3, -0.25) is 9.97 Å². The summed E-state index contributed by atoms with van der Waals surface area (Å²) in [6.45, 7) is 0. The molecule has 0 atom stereocenters. The number of halogens is 3. The van der Waals surface area contributed by atoms with Gasteiger partial charge in [-0.25, -0.2) is 4.98 Å². The number of hydrogen-bond donors (Lipinski definition) is 2. The van der Waals surface area contributed by atoms with Gasteiger partial charge in [0, 0.05) is 69.5 Å². The van der Waals surface area contributed by atoms with Crippen LogP contribution >= 0.6 is 0 Å². The van der Waals surface area contributed by atoms with E-state index in [0.29, 0.717) is 11.4 Å². The topological polar surface area (TPSA) is 76.7 Å². The van der Waals surface area contributed by atoms with Crippen molar-refractivity contribution in [1.82, 2.24) is 15.0 Å². The van der Waals surface area contributed by atoms with Gasteiger partial charge in [0.2, 0.25) is 0 Å². The average Bonchev–Trinajstić information content (AvgIpc) is 2.94. The van der Waals surface area contributed by atoms with Gasteiger partial charge in [-0.2, -0.15) is 13.2 Å². The van der Waals surface area contributed by atoms with Crippen molar-refractivity contribution in [1.29, 1.82) is 0 Å². The van der Waals surface area contributed by atoms with Crippen molar-refractivity contribution in [2.24, 2.45) is 0 Å². The van der Waals surface area contributed by atoms with Crippen LogP contribution in [0.2, 0.25) is 0 Å². The van der Waals surface area contributed by atoms with Crippen molar-refractivity contribution >= 4 is 38.7 Å². The Labute approximate surface area is 216 Å². The predicted octanol–water partition coefficient (Wildman–Crippen LogP) is 7.88. The number of benzene rings is 3. The molecule has 0 spiro atoms. The van der Waals surface area contributed by atoms with Gasteiger partial charge in [0.05, 0.1) is 5.56 Å². The highest BCUT2D eigenvalue weighted by atomic mass is 19.4. The van der Waals surface area contributed by atoms with Crippen LogP contribution in [0.5, 0.6) is 0 Å². The van der Waals surface area contributed by atoms with Crippen LogP contribution in [-0.4, -0.2) is 15.0 Å². The summed E-state index contributed by atoms with van der Waals surface area (Å²) in [7, 11) is 0. The molecule has 0 fully saturated rings. The van der Waals surface area contributed by atoms with Gasteiger partial charge in [-0.15, -0.1) is 0 Å². The highest BCUT2D eigenvalue weighted by Crippen LogP contribution is 2.31. The lowest BCUT2D eigenvalue weighted by Gasteiger charge is -2.10. The molecule has 0 aliphatic carbocycles. The molecule has 8 heteroatoms. The molecular weight excluding hydrogens is 487 g/mol. The Kier molecular flexibility index (Phi) is 6.86. The number of rotatable bonds is 3. The number of anilines is 3. The normalized spacial score (nSPS) is 11.1. The van der Waals surface area contributed by atoms with Gasteiger partial charge < -0.3 is 11.1 Å². The van der Waals surface area contributed by atoms with Crippen LogP contribution in [0.15, 0.2) is 116 Å². The Morgan fingerprint density at radius 2 is 1.26 bits per heavy atom. The Bertz CT molecular complexity index is 1670. The van der Waals surface area contributed by atoms with Crippen molar-refractivity contribution in [3.63, 3.8) is 0 Å². The van der Waals surface area contributed by atoms with E-state index in [1.165, 1.54) is 12.1 Å². The van der Waals surface area contributed by atoms with Crippen molar-refractivity contribution in [3.8, 4) is 11.1 Å². The molecule has 6 rings (SSSR count). The highest BCUT2D eigenvalue weighted by molar-refractivity contribution is 5.94. The van der Waals surface area contributed by atoms with Gasteiger partial charge in [0.15, 0.2) is 0 Å². The first-order valence-corrected chi connectivity index (χ1v) is 11.7. The second-order valence-corrected chi connectivity index (χ2v) is 8.48. The Morgan fingerprint density at radius 3 is 1.89 bits per heavy atom. The lowest BCUT2D eigenvalue weighted by atomic mass is 10.1. The van der Waals surface area contributed by atoms with Gasteiger partial charge in [0.1, 0.15) is 5.82 Å². The second-order valence-electron chi connectivity index (χ2n) is 8.48. The minimum Gasteiger partial charge on any atom is -0.398 e. The Morgan fingerprint density at radius 1 is 0.632 bits per heavy atom. The van der Waals surface area contributed by atoms with Crippen LogP contribution in [0.4, 0.5) is 30.4 Å². The number of alkyl halides is 3. The molecule has 0 amide bonds. The maximum absolute atomic E-state index is 12.7. The molecule has 3 aromatic carbocycles. The summed E-state index contributed by atoms with van der Waals surface area (Å²) >= 11 is 0. The molecule has 5 nitrogen and oxygen atoms in total. The summed E-state index contributed by atoms with van der Waals surface area (Å²) in [5.41, 5.74) is 8.21. The van der Waals surface area contributed by atoms with Crippen LogP contribution in [-0.2, 0) is 6.18 Å². The quantitative estimate of drug-likeness (QED) is 0.237. The first kappa shape index (κ1) is 24.7. The molecule has 3 heterocycles. The van der Waals surface area contributed by atoms with E-state index in [2.05, 4.69) is 20.3 Å². The zero-order valence-electron chi connectivity index (χ0n) is 20.0. The molecule has 38 heavy (non-hydrogen) atoms. The molecule has 0 bridgehead atoms. The van der Waals surface area contributed by atoms with Crippen molar-refractivity contribution in [3.05, 3.63) is 121 Å². The van der Waals surface area contributed by atoms with Crippen LogP contribution in [0.25, 0.3) is 32.7 Å². The van der Waals surface area contributed by atoms with E-state index in [-0.39, 0.29) is 0 Å². The molecule has 0 unspecified atom stereocenters. The zero-order chi connectivity index (χ0) is 26.5. The summed E-state index contributed by atoms with van der Waals surface area (Å²) in [5.74, 6) is 0.648. The van der Waals surface area contributed by atoms with E-state index < -0.39 is 11.7 Å². The van der Waals surface area contributed by atoms with E-state index in [9.17, 15) is 13.2 Å². The summed E-state index contributed by atoms with van der Waals surface area (Å²) < 4.78 is 38.0. The molecule has 6 aromatic rings. The lowest BCUT2D eigenvalue weighted by Crippen LogP contribution is -2.04. The summed E-state index contributed by atoms with van der Waals surface area (Å²) in [6.07, 6.45) is 4.39. The smallest absolute Gasteiger partial charge is 0.398 e. The fourth-order valence-electron chi connectivity index (χ4n) is 4.01. The molecular formula is C30H22F3N5. The summed E-state index contributed by atoms with van der Waals surface area (Å²) in [6, 6.07) is 24.2. The number of aromatic nitrogens is 3. The largest absolute Gasteiger partial charge is 0.416 e. The van der Waals surface area contributed by atoms with Crippen molar-refractivity contribution < 1.29 is 13.2 Å². The van der Waals surface area contributed by atoms with E-state index in [4.69, 9.17) is 5.73 Å². The minimum absolute atomic E-state index is 0.648. The number of nitrogens with one attached hydrogen (secondary N) is 1. The molecule has 0 saturated carbocycles. The van der Waals surface area contributed by atoms with Crippen LogP contribution in [0.3, 0.4) is 0 Å². The van der Waals surface area contributed by atoms with Crippen molar-refractivity contribution in [2.75, 3.05) is 11.1 Å². The summed E-state index contributed by atoms with van der Waals surface area (Å²) in [5, 5.41) is 7.48. The summed E-state index contributed by atoms with van der Waals surface area (Å²) in [4.78, 5) is 12.5. The minimum atomic E-state index is -4.33. The SMILES string of the molecule is FC(F)(F)c1ccc(-c2ccc(Nc3cccc4cnccc34)nc2)cc1.Nc1cccc2cnccc12. The third kappa shape index (κ3) is 5.54. The number of nitrogen functional groups attached to an aromatic ring is 1. The third-order valence-electron chi connectivity index (χ3n) is 5.97.